The molecule has 42 valence electrons. The highest BCUT2D eigenvalue weighted by Gasteiger charge is 2.39. The third kappa shape index (κ3) is 2.16. The van der Waals surface area contributed by atoms with Crippen LogP contribution in [0.3, 0.4) is 0 Å². The predicted molar refractivity (Wildman–Crippen MR) is 14.0 cm³/mol. The lowest BCUT2D eigenvalue weighted by molar-refractivity contribution is -0.344. The third-order valence-electron chi connectivity index (χ3n) is 0.316. The van der Waals surface area contributed by atoms with Crippen molar-refractivity contribution in [2.45, 2.75) is 6.18 Å². The summed E-state index contributed by atoms with van der Waals surface area (Å²) in [6.07, 6.45) is -4.75. The van der Waals surface area contributed by atoms with Crippen LogP contribution in [0.25, 0.3) is 0 Å². The van der Waals surface area contributed by atoms with Gasteiger partial charge in [0.1, 0.15) is 0 Å². The van der Waals surface area contributed by atoms with Crippen molar-refractivity contribution in [1.82, 2.24) is 0 Å². The van der Waals surface area contributed by atoms with Crippen LogP contribution in [0.5, 0.6) is 0 Å². The highest BCUT2D eigenvalue weighted by molar-refractivity contribution is 5.70. The van der Waals surface area contributed by atoms with Crippen LogP contribution in [0, 0.1) is 0 Å². The molecular formula is C2H3F3NO+. The number of carbonyl (C=O) groups excluding carboxylic acids is 1. The lowest BCUT2D eigenvalue weighted by Gasteiger charge is -1.91. The van der Waals surface area contributed by atoms with E-state index in [-0.39, 0.29) is 0 Å². The Balaban J connectivity index is 3.79. The molecule has 5 heteroatoms. The number of carbonyl (C=O) groups is 1. The molecule has 7 heavy (non-hydrogen) atoms. The zero-order valence-corrected chi connectivity index (χ0v) is 3.25. The molecule has 0 saturated heterocycles. The molecule has 0 aliphatic carbocycles. The van der Waals surface area contributed by atoms with E-state index in [0.29, 0.717) is 0 Å². The molecule has 0 aliphatic rings. The number of hydrogen-bond acceptors (Lipinski definition) is 1. The Morgan fingerprint density at radius 2 is 1.57 bits per heavy atom. The fourth-order valence-electron chi connectivity index (χ4n) is 0. The van der Waals surface area contributed by atoms with Crippen LogP contribution >= 0.6 is 0 Å². The molecule has 0 aliphatic heterocycles. The van der Waals surface area contributed by atoms with Crippen molar-refractivity contribution in [1.29, 1.82) is 0 Å². The van der Waals surface area contributed by atoms with Gasteiger partial charge in [0, 0.05) is 0 Å². The first kappa shape index (κ1) is 6.42. The van der Waals surface area contributed by atoms with E-state index in [1.165, 1.54) is 0 Å². The van der Waals surface area contributed by atoms with Gasteiger partial charge < -0.3 is 0 Å². The number of amides is 1. The number of halogens is 3. The van der Waals surface area contributed by atoms with Gasteiger partial charge in [0.25, 0.3) is 0 Å². The summed E-state index contributed by atoms with van der Waals surface area (Å²) in [6, 6.07) is 0. The highest BCUT2D eigenvalue weighted by Crippen LogP contribution is 2.10. The smallest absolute Gasteiger partial charge is 0.286 e. The zero-order valence-electron chi connectivity index (χ0n) is 3.25. The molecular weight excluding hydrogens is 111 g/mol. The van der Waals surface area contributed by atoms with Gasteiger partial charge in [0.2, 0.25) is 0 Å². The first-order chi connectivity index (χ1) is 2.94. The van der Waals surface area contributed by atoms with Crippen molar-refractivity contribution < 1.29 is 23.7 Å². The minimum absolute atomic E-state index is 2.01. The molecule has 0 spiro atoms. The molecule has 0 rings (SSSR count). The first-order valence-electron chi connectivity index (χ1n) is 1.37. The van der Waals surface area contributed by atoms with Gasteiger partial charge in [-0.15, -0.1) is 0 Å². The number of rotatable bonds is 0. The zero-order chi connectivity index (χ0) is 6.08. The van der Waals surface area contributed by atoms with Crippen molar-refractivity contribution in [3.63, 3.8) is 0 Å². The van der Waals surface area contributed by atoms with Gasteiger partial charge in [-0.05, 0) is 0 Å². The van der Waals surface area contributed by atoms with Gasteiger partial charge in [-0.3, -0.25) is 5.73 Å². The van der Waals surface area contributed by atoms with Crippen LogP contribution in [0.15, 0.2) is 0 Å². The van der Waals surface area contributed by atoms with Gasteiger partial charge in [0.15, 0.2) is 0 Å². The molecule has 2 nitrogen and oxygen atoms in total. The Hall–Kier alpha value is -0.580. The Morgan fingerprint density at radius 1 is 1.43 bits per heavy atom. The molecule has 3 N–H and O–H groups in total. The largest absolute Gasteiger partial charge is 0.509 e. The Kier molecular flexibility index (Phi) is 1.37. The summed E-state index contributed by atoms with van der Waals surface area (Å²) in [4.78, 5) is 9.23. The quantitative estimate of drug-likeness (QED) is 0.445. The van der Waals surface area contributed by atoms with E-state index in [1.807, 2.05) is 0 Å². The maximum atomic E-state index is 10.8. The van der Waals surface area contributed by atoms with Crippen LogP contribution in [-0.4, -0.2) is 12.1 Å². The van der Waals surface area contributed by atoms with Crippen LogP contribution in [0.4, 0.5) is 13.2 Å². The van der Waals surface area contributed by atoms with E-state index >= 15 is 0 Å². The maximum absolute atomic E-state index is 10.8. The second kappa shape index (κ2) is 1.49. The summed E-state index contributed by atoms with van der Waals surface area (Å²) < 4.78 is 32.3. The SMILES string of the molecule is [NH3+]C(=O)C(F)(F)F. The van der Waals surface area contributed by atoms with Crippen molar-refractivity contribution in [3.8, 4) is 0 Å². The van der Waals surface area contributed by atoms with E-state index in [2.05, 4.69) is 5.73 Å². The van der Waals surface area contributed by atoms with Crippen molar-refractivity contribution in [2.24, 2.45) is 0 Å². The summed E-state index contributed by atoms with van der Waals surface area (Å²) in [5, 5.41) is 0. The second-order valence-corrected chi connectivity index (χ2v) is 0.921. The third-order valence-corrected chi connectivity index (χ3v) is 0.316. The monoisotopic (exact) mass is 114 g/mol. The molecule has 0 heterocycles. The summed E-state index contributed by atoms with van der Waals surface area (Å²) >= 11 is 0. The minimum Gasteiger partial charge on any atom is -0.286 e. The van der Waals surface area contributed by atoms with Crippen molar-refractivity contribution >= 4 is 5.91 Å². The summed E-state index contributed by atoms with van der Waals surface area (Å²) in [7, 11) is 0. The molecule has 0 atom stereocenters. The van der Waals surface area contributed by atoms with Gasteiger partial charge in [-0.1, -0.05) is 0 Å². The normalized spacial score (nSPS) is 11.4. The molecule has 0 aromatic carbocycles. The van der Waals surface area contributed by atoms with Gasteiger partial charge in [-0.25, -0.2) is 4.79 Å². The minimum atomic E-state index is -4.75. The van der Waals surface area contributed by atoms with Crippen LogP contribution in [0.1, 0.15) is 0 Å². The van der Waals surface area contributed by atoms with Gasteiger partial charge >= 0.3 is 12.1 Å². The summed E-state index contributed by atoms with van der Waals surface area (Å²) in [5.74, 6) is -2.01. The maximum Gasteiger partial charge on any atom is 0.509 e. The summed E-state index contributed by atoms with van der Waals surface area (Å²) in [6.45, 7) is 0. The molecule has 0 aromatic rings. The lowest BCUT2D eigenvalue weighted by atomic mass is 10.6. The van der Waals surface area contributed by atoms with E-state index in [0.717, 1.165) is 0 Å². The average Bonchev–Trinajstić information content (AvgIpc) is 1.31. The van der Waals surface area contributed by atoms with Crippen LogP contribution < -0.4 is 5.73 Å². The van der Waals surface area contributed by atoms with E-state index in [1.54, 1.807) is 0 Å². The van der Waals surface area contributed by atoms with E-state index in [9.17, 15) is 18.0 Å². The van der Waals surface area contributed by atoms with Gasteiger partial charge in [0.05, 0.1) is 0 Å². The lowest BCUT2D eigenvalue weighted by Crippen LogP contribution is -2.63. The fraction of sp³-hybridized carbons (Fsp3) is 0.500. The van der Waals surface area contributed by atoms with E-state index < -0.39 is 12.1 Å². The Labute approximate surface area is 37.1 Å². The van der Waals surface area contributed by atoms with Crippen molar-refractivity contribution in [2.75, 3.05) is 0 Å². The fourth-order valence-corrected chi connectivity index (χ4v) is 0. The van der Waals surface area contributed by atoms with E-state index in [4.69, 9.17) is 0 Å². The van der Waals surface area contributed by atoms with Crippen molar-refractivity contribution in [3.05, 3.63) is 0 Å². The molecule has 0 bridgehead atoms. The standard InChI is InChI=1S/C2H2F3NO/c3-2(4,5)1(6)7/h(H2,6,7)/p+1. The Bertz CT molecular complexity index is 85.4. The van der Waals surface area contributed by atoms with Crippen LogP contribution in [0.2, 0.25) is 0 Å². The Morgan fingerprint density at radius 3 is 1.57 bits per heavy atom. The average molecular weight is 114 g/mol. The highest BCUT2D eigenvalue weighted by atomic mass is 19.4. The molecule has 0 aromatic heterocycles. The number of hydrogen-bond donors (Lipinski definition) is 1. The van der Waals surface area contributed by atoms with Gasteiger partial charge in [-0.2, -0.15) is 13.2 Å². The molecule has 0 fully saturated rings. The summed E-state index contributed by atoms with van der Waals surface area (Å²) in [5.41, 5.74) is 2.15. The van der Waals surface area contributed by atoms with Crippen LogP contribution in [-0.2, 0) is 4.79 Å². The second-order valence-electron chi connectivity index (χ2n) is 0.921. The topological polar surface area (TPSA) is 44.7 Å². The predicted octanol–water partition coefficient (Wildman–Crippen LogP) is -0.683. The molecule has 0 unspecified atom stereocenters. The number of alkyl halides is 3. The number of quaternary nitrogens is 1. The molecule has 0 radical (unpaired) electrons. The first-order valence-corrected chi connectivity index (χ1v) is 1.37. The molecule has 0 saturated carbocycles. The molecule has 1 amide bonds.